The van der Waals surface area contributed by atoms with Crippen LogP contribution in [0.3, 0.4) is 0 Å². The normalized spacial score (nSPS) is 10.8. The first kappa shape index (κ1) is 11.9. The molecule has 0 saturated heterocycles. The summed E-state index contributed by atoms with van der Waals surface area (Å²) in [5.74, 6) is 2.13. The van der Waals surface area contributed by atoms with Gasteiger partial charge in [0.25, 0.3) is 0 Å². The van der Waals surface area contributed by atoms with Gasteiger partial charge in [-0.3, -0.25) is 0 Å². The first-order valence-electron chi connectivity index (χ1n) is 5.87. The van der Waals surface area contributed by atoms with Crippen LogP contribution in [0.2, 0.25) is 0 Å². The number of anilines is 1. The average Bonchev–Trinajstić information content (AvgIpc) is 2.96. The summed E-state index contributed by atoms with van der Waals surface area (Å²) < 4.78 is 2.03. The molecule has 0 amide bonds. The zero-order valence-corrected chi connectivity index (χ0v) is 11.3. The van der Waals surface area contributed by atoms with Gasteiger partial charge in [0.2, 0.25) is 0 Å². The smallest absolute Gasteiger partial charge is 0.150 e. The second kappa shape index (κ2) is 4.81. The van der Waals surface area contributed by atoms with Crippen LogP contribution in [0, 0.1) is 6.92 Å². The molecule has 0 aliphatic rings. The number of aromatic nitrogens is 4. The van der Waals surface area contributed by atoms with E-state index >= 15 is 0 Å². The van der Waals surface area contributed by atoms with Gasteiger partial charge in [0, 0.05) is 24.2 Å². The van der Waals surface area contributed by atoms with E-state index < -0.39 is 0 Å². The quantitative estimate of drug-likeness (QED) is 0.793. The Morgan fingerprint density at radius 2 is 2.26 bits per heavy atom. The summed E-state index contributed by atoms with van der Waals surface area (Å²) in [6, 6.07) is 5.83. The van der Waals surface area contributed by atoms with Crippen molar-refractivity contribution in [2.24, 2.45) is 0 Å². The Hall–Kier alpha value is -2.21. The van der Waals surface area contributed by atoms with Crippen molar-refractivity contribution in [3.05, 3.63) is 47.5 Å². The van der Waals surface area contributed by atoms with E-state index in [2.05, 4.69) is 21.0 Å². The molecule has 0 spiro atoms. The maximum Gasteiger partial charge on any atom is 0.150 e. The van der Waals surface area contributed by atoms with Crippen molar-refractivity contribution in [1.29, 1.82) is 0 Å². The van der Waals surface area contributed by atoms with Gasteiger partial charge in [0.15, 0.2) is 5.82 Å². The highest BCUT2D eigenvalue weighted by Crippen LogP contribution is 2.23. The van der Waals surface area contributed by atoms with Gasteiger partial charge in [-0.15, -0.1) is 11.3 Å². The Bertz CT molecular complexity index is 667. The number of imidazole rings is 1. The van der Waals surface area contributed by atoms with Crippen LogP contribution in [-0.2, 0) is 6.54 Å². The van der Waals surface area contributed by atoms with Gasteiger partial charge >= 0.3 is 0 Å². The fraction of sp³-hybridized carbons (Fsp3) is 0.154. The molecule has 0 aromatic carbocycles. The van der Waals surface area contributed by atoms with Crippen molar-refractivity contribution in [2.45, 2.75) is 13.5 Å². The molecule has 0 atom stereocenters. The SMILES string of the molecule is Cc1cc(N)nc(Cn2ccnc2-c2cccs2)n1. The summed E-state index contributed by atoms with van der Waals surface area (Å²) in [5, 5.41) is 2.04. The molecule has 0 saturated carbocycles. The molecule has 0 bridgehead atoms. The van der Waals surface area contributed by atoms with E-state index in [1.54, 1.807) is 23.6 Å². The van der Waals surface area contributed by atoms with E-state index in [1.165, 1.54) is 0 Å². The van der Waals surface area contributed by atoms with Crippen LogP contribution in [0.4, 0.5) is 5.82 Å². The lowest BCUT2D eigenvalue weighted by Crippen LogP contribution is -2.07. The molecule has 3 heterocycles. The Balaban J connectivity index is 1.94. The van der Waals surface area contributed by atoms with Crippen LogP contribution < -0.4 is 5.73 Å². The third-order valence-corrected chi connectivity index (χ3v) is 3.55. The van der Waals surface area contributed by atoms with E-state index in [4.69, 9.17) is 5.73 Å². The Labute approximate surface area is 114 Å². The molecular formula is C13H13N5S. The van der Waals surface area contributed by atoms with Gasteiger partial charge < -0.3 is 10.3 Å². The summed E-state index contributed by atoms with van der Waals surface area (Å²) in [4.78, 5) is 14.2. The molecule has 96 valence electrons. The van der Waals surface area contributed by atoms with Crippen molar-refractivity contribution in [3.63, 3.8) is 0 Å². The van der Waals surface area contributed by atoms with Crippen LogP contribution >= 0.6 is 11.3 Å². The predicted octanol–water partition coefficient (Wildman–Crippen LogP) is 2.34. The van der Waals surface area contributed by atoms with Crippen molar-refractivity contribution in [3.8, 4) is 10.7 Å². The van der Waals surface area contributed by atoms with Gasteiger partial charge in [0.1, 0.15) is 11.6 Å². The lowest BCUT2D eigenvalue weighted by molar-refractivity contribution is 0.748. The molecule has 2 N–H and O–H groups in total. The van der Waals surface area contributed by atoms with Gasteiger partial charge in [-0.2, -0.15) is 0 Å². The summed E-state index contributed by atoms with van der Waals surface area (Å²) in [6.07, 6.45) is 3.71. The van der Waals surface area contributed by atoms with Crippen molar-refractivity contribution in [2.75, 3.05) is 5.73 Å². The minimum absolute atomic E-state index is 0.500. The minimum atomic E-state index is 0.500. The second-order valence-corrected chi connectivity index (χ2v) is 5.15. The number of rotatable bonds is 3. The topological polar surface area (TPSA) is 69.6 Å². The van der Waals surface area contributed by atoms with Crippen molar-refractivity contribution >= 4 is 17.2 Å². The van der Waals surface area contributed by atoms with Gasteiger partial charge in [0.05, 0.1) is 11.4 Å². The molecule has 0 aliphatic heterocycles. The molecule has 3 aromatic rings. The van der Waals surface area contributed by atoms with E-state index in [0.717, 1.165) is 16.4 Å². The van der Waals surface area contributed by atoms with E-state index in [1.807, 2.05) is 29.1 Å². The lowest BCUT2D eigenvalue weighted by atomic mass is 10.4. The maximum atomic E-state index is 5.75. The maximum absolute atomic E-state index is 5.75. The third-order valence-electron chi connectivity index (χ3n) is 2.69. The fourth-order valence-electron chi connectivity index (χ4n) is 1.95. The zero-order valence-electron chi connectivity index (χ0n) is 10.4. The van der Waals surface area contributed by atoms with Crippen LogP contribution in [0.15, 0.2) is 36.0 Å². The molecule has 0 fully saturated rings. The summed E-state index contributed by atoms with van der Waals surface area (Å²) in [7, 11) is 0. The number of nitrogens with zero attached hydrogens (tertiary/aromatic N) is 4. The molecule has 5 nitrogen and oxygen atoms in total. The number of hydrogen-bond donors (Lipinski definition) is 1. The van der Waals surface area contributed by atoms with Crippen LogP contribution in [0.5, 0.6) is 0 Å². The predicted molar refractivity (Wildman–Crippen MR) is 75.8 cm³/mol. The first-order valence-corrected chi connectivity index (χ1v) is 6.75. The first-order chi connectivity index (χ1) is 9.22. The van der Waals surface area contributed by atoms with Crippen LogP contribution in [-0.4, -0.2) is 19.5 Å². The van der Waals surface area contributed by atoms with E-state index in [9.17, 15) is 0 Å². The number of nitrogens with two attached hydrogens (primary N) is 1. The van der Waals surface area contributed by atoms with Gasteiger partial charge in [-0.25, -0.2) is 15.0 Å². The third kappa shape index (κ3) is 2.48. The highest BCUT2D eigenvalue weighted by molar-refractivity contribution is 7.13. The van der Waals surface area contributed by atoms with E-state index in [-0.39, 0.29) is 0 Å². The zero-order chi connectivity index (χ0) is 13.2. The van der Waals surface area contributed by atoms with Crippen LogP contribution in [0.1, 0.15) is 11.5 Å². The summed E-state index contributed by atoms with van der Waals surface area (Å²) >= 11 is 1.66. The minimum Gasteiger partial charge on any atom is -0.384 e. The highest BCUT2D eigenvalue weighted by atomic mass is 32.1. The average molecular weight is 271 g/mol. The molecule has 0 unspecified atom stereocenters. The standard InChI is InChI=1S/C13H13N5S/c1-9-7-11(14)17-12(16-9)8-18-5-4-15-13(18)10-3-2-6-19-10/h2-7H,8H2,1H3,(H2,14,16,17). The molecular weight excluding hydrogens is 258 g/mol. The summed E-state index contributed by atoms with van der Waals surface area (Å²) in [6.45, 7) is 2.48. The van der Waals surface area contributed by atoms with Gasteiger partial charge in [-0.1, -0.05) is 6.07 Å². The molecule has 0 aliphatic carbocycles. The summed E-state index contributed by atoms with van der Waals surface area (Å²) in [5.41, 5.74) is 6.62. The fourth-order valence-corrected chi connectivity index (χ4v) is 2.68. The Kier molecular flexibility index (Phi) is 3.00. The molecule has 3 rings (SSSR count). The molecule has 6 heteroatoms. The van der Waals surface area contributed by atoms with E-state index in [0.29, 0.717) is 18.2 Å². The number of aryl methyl sites for hydroxylation is 1. The Morgan fingerprint density at radius 1 is 1.37 bits per heavy atom. The number of hydrogen-bond acceptors (Lipinski definition) is 5. The van der Waals surface area contributed by atoms with Crippen LogP contribution in [0.25, 0.3) is 10.7 Å². The monoisotopic (exact) mass is 271 g/mol. The lowest BCUT2D eigenvalue weighted by Gasteiger charge is -2.07. The number of nitrogen functional groups attached to an aromatic ring is 1. The van der Waals surface area contributed by atoms with Gasteiger partial charge in [-0.05, 0) is 18.4 Å². The largest absolute Gasteiger partial charge is 0.384 e. The molecule has 0 radical (unpaired) electrons. The Morgan fingerprint density at radius 3 is 3.00 bits per heavy atom. The second-order valence-electron chi connectivity index (χ2n) is 4.21. The number of thiophene rings is 1. The van der Waals surface area contributed by atoms with Crippen molar-refractivity contribution in [1.82, 2.24) is 19.5 Å². The highest BCUT2D eigenvalue weighted by Gasteiger charge is 2.09. The molecule has 19 heavy (non-hydrogen) atoms. The van der Waals surface area contributed by atoms with Crippen molar-refractivity contribution < 1.29 is 0 Å². The molecule has 3 aromatic heterocycles.